The van der Waals surface area contributed by atoms with Crippen molar-refractivity contribution in [2.24, 2.45) is 4.99 Å². The van der Waals surface area contributed by atoms with Gasteiger partial charge in [-0.15, -0.1) is 0 Å². The first-order valence-corrected chi connectivity index (χ1v) is 13.1. The smallest absolute Gasteiger partial charge is 0.228 e. The third-order valence-electron chi connectivity index (χ3n) is 6.39. The molecule has 0 saturated carbocycles. The Labute approximate surface area is 205 Å². The molecule has 1 aliphatic heterocycles. The van der Waals surface area contributed by atoms with Crippen molar-refractivity contribution >= 4 is 27.7 Å². The molecular weight excluding hydrogens is 464 g/mol. The Balaban J connectivity index is 1.46. The van der Waals surface area contributed by atoms with E-state index in [0.717, 1.165) is 11.3 Å². The Morgan fingerprint density at radius 1 is 1.14 bits per heavy atom. The van der Waals surface area contributed by atoms with Gasteiger partial charge in [-0.1, -0.05) is 19.1 Å². The Hall–Kier alpha value is -3.46. The minimum absolute atomic E-state index is 0.0250. The number of hydrogen-bond donors (Lipinski definition) is 1. The summed E-state index contributed by atoms with van der Waals surface area (Å²) in [7, 11) is -3.28. The van der Waals surface area contributed by atoms with E-state index in [-0.39, 0.29) is 34.8 Å². The van der Waals surface area contributed by atoms with Gasteiger partial charge in [-0.05, 0) is 68.7 Å². The number of hydrogen-bond acceptors (Lipinski definition) is 7. The number of aromatic nitrogens is 2. The summed E-state index contributed by atoms with van der Waals surface area (Å²) in [5.74, 6) is 0.341. The SMILES string of the molecule is CCS(=O)(=O)c1ccc(CC(=O)NC2=CC3=CC(=O)C(C)(c4cc(C)nc(C)n4)CC3N=C2)cc1. The molecule has 4 rings (SSSR count). The summed E-state index contributed by atoms with van der Waals surface area (Å²) in [5.41, 5.74) is 2.67. The van der Waals surface area contributed by atoms with Gasteiger partial charge in [0.1, 0.15) is 5.82 Å². The molecule has 8 nitrogen and oxygen atoms in total. The molecule has 2 heterocycles. The minimum atomic E-state index is -3.28. The number of allylic oxidation sites excluding steroid dienone is 2. The number of fused-ring (bicyclic) bond motifs is 1. The minimum Gasteiger partial charge on any atom is -0.324 e. The number of nitrogens with one attached hydrogen (secondary N) is 1. The molecular formula is C26H28N4O4S. The molecule has 2 aliphatic rings. The Morgan fingerprint density at radius 2 is 1.86 bits per heavy atom. The fourth-order valence-corrected chi connectivity index (χ4v) is 5.23. The second-order valence-corrected chi connectivity index (χ2v) is 11.4. The number of benzene rings is 1. The van der Waals surface area contributed by atoms with E-state index in [1.165, 1.54) is 12.1 Å². The van der Waals surface area contributed by atoms with Gasteiger partial charge in [0, 0.05) is 11.9 Å². The fourth-order valence-electron chi connectivity index (χ4n) is 4.35. The van der Waals surface area contributed by atoms with Crippen molar-refractivity contribution in [3.8, 4) is 0 Å². The largest absolute Gasteiger partial charge is 0.324 e. The van der Waals surface area contributed by atoms with Crippen LogP contribution in [0.2, 0.25) is 0 Å². The highest BCUT2D eigenvalue weighted by Gasteiger charge is 2.42. The van der Waals surface area contributed by atoms with Crippen LogP contribution < -0.4 is 5.32 Å². The van der Waals surface area contributed by atoms with Crippen LogP contribution in [0, 0.1) is 13.8 Å². The fraction of sp³-hybridized carbons (Fsp3) is 0.346. The number of sulfone groups is 1. The first-order valence-electron chi connectivity index (χ1n) is 11.5. The number of amides is 1. The topological polar surface area (TPSA) is 118 Å². The molecule has 2 aromatic rings. The van der Waals surface area contributed by atoms with Gasteiger partial charge in [-0.3, -0.25) is 14.6 Å². The van der Waals surface area contributed by atoms with Crippen LogP contribution in [0.3, 0.4) is 0 Å². The van der Waals surface area contributed by atoms with E-state index in [1.54, 1.807) is 37.4 Å². The normalized spacial score (nSPS) is 21.7. The molecule has 1 aromatic heterocycles. The highest BCUT2D eigenvalue weighted by atomic mass is 32.2. The maximum absolute atomic E-state index is 13.1. The van der Waals surface area contributed by atoms with E-state index < -0.39 is 15.3 Å². The predicted octanol–water partition coefficient (Wildman–Crippen LogP) is 2.74. The number of dihydropyridines is 1. The van der Waals surface area contributed by atoms with E-state index in [1.807, 2.05) is 26.8 Å². The van der Waals surface area contributed by atoms with Crippen molar-refractivity contribution < 1.29 is 18.0 Å². The maximum atomic E-state index is 13.1. The molecule has 1 aliphatic carbocycles. The van der Waals surface area contributed by atoms with Crippen LogP contribution in [-0.4, -0.2) is 48.1 Å². The Kier molecular flexibility index (Phi) is 6.55. The van der Waals surface area contributed by atoms with E-state index in [4.69, 9.17) is 0 Å². The Morgan fingerprint density at radius 3 is 2.51 bits per heavy atom. The molecule has 0 bridgehead atoms. The van der Waals surface area contributed by atoms with E-state index in [0.29, 0.717) is 29.2 Å². The molecule has 2 unspecified atom stereocenters. The van der Waals surface area contributed by atoms with Crippen LogP contribution in [0.4, 0.5) is 0 Å². The summed E-state index contributed by atoms with van der Waals surface area (Å²) in [6.45, 7) is 7.17. The number of aliphatic imine (C=N–C) groups is 1. The molecule has 2 atom stereocenters. The van der Waals surface area contributed by atoms with Crippen molar-refractivity contribution in [1.29, 1.82) is 0 Å². The average Bonchev–Trinajstić information content (AvgIpc) is 2.79. The van der Waals surface area contributed by atoms with Gasteiger partial charge in [0.05, 0.1) is 39.9 Å². The lowest BCUT2D eigenvalue weighted by molar-refractivity contribution is -0.120. The second-order valence-electron chi connectivity index (χ2n) is 9.15. The van der Waals surface area contributed by atoms with Crippen molar-refractivity contribution in [1.82, 2.24) is 15.3 Å². The Bertz CT molecular complexity index is 1370. The molecule has 0 spiro atoms. The first-order chi connectivity index (χ1) is 16.5. The van der Waals surface area contributed by atoms with E-state index >= 15 is 0 Å². The molecule has 1 aromatic carbocycles. The first kappa shape index (κ1) is 24.7. The number of nitrogens with zero attached hydrogens (tertiary/aromatic N) is 3. The lowest BCUT2D eigenvalue weighted by atomic mass is 9.70. The molecule has 0 fully saturated rings. The predicted molar refractivity (Wildman–Crippen MR) is 133 cm³/mol. The summed E-state index contributed by atoms with van der Waals surface area (Å²) >= 11 is 0. The summed E-state index contributed by atoms with van der Waals surface area (Å²) < 4.78 is 23.9. The standard InChI is InChI=1S/C26H28N4O4S/c1-5-35(33,34)21-8-6-18(7-9-21)11-25(32)30-20-12-19-13-24(31)26(4,14-22(19)27-15-20)23-10-16(2)28-17(3)29-23/h6-10,12-13,15,22H,5,11,14H2,1-4H3,(H,30,32). The van der Waals surface area contributed by atoms with Crippen molar-refractivity contribution in [3.63, 3.8) is 0 Å². The summed E-state index contributed by atoms with van der Waals surface area (Å²) in [6, 6.07) is 7.96. The number of aryl methyl sites for hydroxylation is 2. The highest BCUT2D eigenvalue weighted by molar-refractivity contribution is 7.91. The molecule has 35 heavy (non-hydrogen) atoms. The second kappa shape index (κ2) is 9.30. The van der Waals surface area contributed by atoms with Gasteiger partial charge in [0.15, 0.2) is 15.6 Å². The number of carbonyl (C=O) groups excluding carboxylic acids is 2. The number of carbonyl (C=O) groups is 2. The van der Waals surface area contributed by atoms with Crippen LogP contribution >= 0.6 is 0 Å². The van der Waals surface area contributed by atoms with Crippen LogP contribution in [0.5, 0.6) is 0 Å². The molecule has 9 heteroatoms. The molecule has 0 radical (unpaired) electrons. The maximum Gasteiger partial charge on any atom is 0.228 e. The zero-order chi connectivity index (χ0) is 25.4. The lowest BCUT2D eigenvalue weighted by Crippen LogP contribution is -2.41. The van der Waals surface area contributed by atoms with Crippen LogP contribution in [-0.2, 0) is 31.3 Å². The van der Waals surface area contributed by atoms with Crippen molar-refractivity contribution in [2.75, 3.05) is 5.75 Å². The third kappa shape index (κ3) is 5.14. The zero-order valence-electron chi connectivity index (χ0n) is 20.2. The van der Waals surface area contributed by atoms with Crippen molar-refractivity contribution in [3.05, 3.63) is 76.5 Å². The number of rotatable bonds is 6. The number of ketones is 1. The molecule has 1 N–H and O–H groups in total. The van der Waals surface area contributed by atoms with E-state index in [9.17, 15) is 18.0 Å². The quantitative estimate of drug-likeness (QED) is 0.662. The van der Waals surface area contributed by atoms with Gasteiger partial charge in [-0.25, -0.2) is 18.4 Å². The van der Waals surface area contributed by atoms with Gasteiger partial charge >= 0.3 is 0 Å². The van der Waals surface area contributed by atoms with Gasteiger partial charge < -0.3 is 5.32 Å². The highest BCUT2D eigenvalue weighted by Crippen LogP contribution is 2.38. The lowest BCUT2D eigenvalue weighted by Gasteiger charge is -2.35. The monoisotopic (exact) mass is 492 g/mol. The third-order valence-corrected chi connectivity index (χ3v) is 8.14. The molecule has 1 amide bonds. The van der Waals surface area contributed by atoms with Gasteiger partial charge in [-0.2, -0.15) is 0 Å². The van der Waals surface area contributed by atoms with Crippen LogP contribution in [0.1, 0.15) is 43.0 Å². The van der Waals surface area contributed by atoms with Crippen LogP contribution in [0.25, 0.3) is 0 Å². The van der Waals surface area contributed by atoms with E-state index in [2.05, 4.69) is 20.3 Å². The van der Waals surface area contributed by atoms with Gasteiger partial charge in [0.2, 0.25) is 5.91 Å². The van der Waals surface area contributed by atoms with Gasteiger partial charge in [0.25, 0.3) is 0 Å². The average molecular weight is 493 g/mol. The summed E-state index contributed by atoms with van der Waals surface area (Å²) in [4.78, 5) is 39.4. The molecule has 0 saturated heterocycles. The molecule has 182 valence electrons. The van der Waals surface area contributed by atoms with Crippen molar-refractivity contribution in [2.45, 2.75) is 56.9 Å². The summed E-state index contributed by atoms with van der Waals surface area (Å²) in [5, 5.41) is 2.82. The zero-order valence-corrected chi connectivity index (χ0v) is 21.0. The van der Waals surface area contributed by atoms with Crippen LogP contribution in [0.15, 0.2) is 63.6 Å². The summed E-state index contributed by atoms with van der Waals surface area (Å²) in [6.07, 6.45) is 5.55.